The van der Waals surface area contributed by atoms with Crippen LogP contribution in [0.3, 0.4) is 0 Å². The molecular formula is C21H21F3N4O. The molecule has 0 radical (unpaired) electrons. The molecule has 1 aromatic carbocycles. The molecular weight excluding hydrogens is 381 g/mol. The van der Waals surface area contributed by atoms with Crippen LogP contribution in [0.15, 0.2) is 41.3 Å². The average Bonchev–Trinajstić information content (AvgIpc) is 3.41. The predicted molar refractivity (Wildman–Crippen MR) is 105 cm³/mol. The molecule has 3 aromatic rings. The van der Waals surface area contributed by atoms with E-state index >= 15 is 0 Å². The molecule has 1 aliphatic rings. The number of alkyl halides is 3. The van der Waals surface area contributed by atoms with Crippen LogP contribution in [0, 0.1) is 6.92 Å². The number of halogens is 3. The number of fused-ring (bicyclic) bond motifs is 1. The van der Waals surface area contributed by atoms with E-state index in [-0.39, 0.29) is 11.1 Å². The van der Waals surface area contributed by atoms with E-state index in [4.69, 9.17) is 0 Å². The van der Waals surface area contributed by atoms with E-state index in [2.05, 4.69) is 15.5 Å². The smallest absolute Gasteiger partial charge is 0.361 e. The summed E-state index contributed by atoms with van der Waals surface area (Å²) in [5.74, 6) is 0.438. The molecule has 2 heterocycles. The molecule has 8 heteroatoms. The van der Waals surface area contributed by atoms with Crippen molar-refractivity contribution >= 4 is 16.6 Å². The molecule has 0 amide bonds. The van der Waals surface area contributed by atoms with Crippen molar-refractivity contribution in [3.8, 4) is 0 Å². The van der Waals surface area contributed by atoms with Crippen LogP contribution in [0.5, 0.6) is 0 Å². The topological polar surface area (TPSA) is 59.8 Å². The van der Waals surface area contributed by atoms with E-state index in [0.29, 0.717) is 22.5 Å². The molecule has 1 unspecified atom stereocenters. The maximum absolute atomic E-state index is 13.0. The van der Waals surface area contributed by atoms with Gasteiger partial charge < -0.3 is 9.88 Å². The number of anilines is 1. The summed E-state index contributed by atoms with van der Waals surface area (Å²) in [6.07, 6.45) is -0.756. The molecule has 0 spiro atoms. The highest BCUT2D eigenvalue weighted by Crippen LogP contribution is 2.42. The minimum absolute atomic E-state index is 0.0922. The van der Waals surface area contributed by atoms with Gasteiger partial charge >= 0.3 is 6.18 Å². The second-order valence-electron chi connectivity index (χ2n) is 7.93. The van der Waals surface area contributed by atoms with Crippen molar-refractivity contribution in [2.45, 2.75) is 51.4 Å². The number of aryl methyl sites for hydroxylation is 1. The number of nitrogens with one attached hydrogen (secondary N) is 1. The van der Waals surface area contributed by atoms with Gasteiger partial charge in [0.25, 0.3) is 5.56 Å². The molecule has 2 aromatic heterocycles. The molecule has 1 aliphatic carbocycles. The molecule has 0 saturated heterocycles. The molecule has 0 aliphatic heterocycles. The SMILES string of the molecule is Cc1nnc(NC(C)c2cccc(C(F)(F)F)c2)c2cn(C3(C)CC3)c(=O)cc12. The van der Waals surface area contributed by atoms with Gasteiger partial charge in [-0.1, -0.05) is 12.1 Å². The van der Waals surface area contributed by atoms with Crippen molar-refractivity contribution in [2.24, 2.45) is 0 Å². The third-order valence-corrected chi connectivity index (χ3v) is 5.62. The lowest BCUT2D eigenvalue weighted by atomic mass is 10.0. The highest BCUT2D eigenvalue weighted by molar-refractivity contribution is 5.92. The summed E-state index contributed by atoms with van der Waals surface area (Å²) in [4.78, 5) is 12.5. The number of nitrogens with zero attached hydrogens (tertiary/aromatic N) is 3. The van der Waals surface area contributed by atoms with Crippen LogP contribution in [-0.2, 0) is 11.7 Å². The zero-order valence-electron chi connectivity index (χ0n) is 16.3. The normalized spacial score (nSPS) is 16.6. The third kappa shape index (κ3) is 3.59. The standard InChI is InChI=1S/C21H21F3N4O/c1-12(14-5-4-6-15(9-14)21(22,23)24)25-19-17-11-28(20(3)7-8-20)18(29)10-16(17)13(2)26-27-19/h4-6,9-12H,7-8H2,1-3H3,(H,25,27). The first-order valence-electron chi connectivity index (χ1n) is 9.42. The highest BCUT2D eigenvalue weighted by atomic mass is 19.4. The van der Waals surface area contributed by atoms with E-state index < -0.39 is 17.8 Å². The minimum Gasteiger partial charge on any atom is -0.361 e. The van der Waals surface area contributed by atoms with Crippen molar-refractivity contribution in [3.05, 3.63) is 63.7 Å². The Morgan fingerprint density at radius 2 is 1.90 bits per heavy atom. The largest absolute Gasteiger partial charge is 0.416 e. The molecule has 4 rings (SSSR count). The van der Waals surface area contributed by atoms with Gasteiger partial charge in [0.05, 0.1) is 17.3 Å². The number of hydrogen-bond donors (Lipinski definition) is 1. The molecule has 152 valence electrons. The lowest BCUT2D eigenvalue weighted by Gasteiger charge is -2.19. The van der Waals surface area contributed by atoms with Gasteiger partial charge in [0.15, 0.2) is 5.82 Å². The Hall–Kier alpha value is -2.90. The fraction of sp³-hybridized carbons (Fsp3) is 0.381. The Labute approximate surface area is 165 Å². The molecule has 29 heavy (non-hydrogen) atoms. The summed E-state index contributed by atoms with van der Waals surface area (Å²) in [6, 6.07) is 6.32. The number of pyridine rings is 1. The van der Waals surface area contributed by atoms with E-state index in [0.717, 1.165) is 30.4 Å². The van der Waals surface area contributed by atoms with Gasteiger partial charge in [0, 0.05) is 28.6 Å². The summed E-state index contributed by atoms with van der Waals surface area (Å²) in [7, 11) is 0. The molecule has 0 bridgehead atoms. The fourth-order valence-electron chi connectivity index (χ4n) is 3.48. The minimum atomic E-state index is -4.40. The number of rotatable bonds is 4. The summed E-state index contributed by atoms with van der Waals surface area (Å²) >= 11 is 0. The molecule has 5 nitrogen and oxygen atoms in total. The number of benzene rings is 1. The summed E-state index contributed by atoms with van der Waals surface area (Å²) < 4.78 is 40.8. The molecule has 1 atom stereocenters. The van der Waals surface area contributed by atoms with Crippen LogP contribution in [0.25, 0.3) is 10.8 Å². The number of aromatic nitrogens is 3. The third-order valence-electron chi connectivity index (χ3n) is 5.62. The first-order valence-corrected chi connectivity index (χ1v) is 9.42. The van der Waals surface area contributed by atoms with Crippen molar-refractivity contribution in [3.63, 3.8) is 0 Å². The van der Waals surface area contributed by atoms with E-state index in [9.17, 15) is 18.0 Å². The van der Waals surface area contributed by atoms with Crippen molar-refractivity contribution < 1.29 is 13.2 Å². The van der Waals surface area contributed by atoms with E-state index in [1.165, 1.54) is 6.07 Å². The monoisotopic (exact) mass is 402 g/mol. The lowest BCUT2D eigenvalue weighted by Crippen LogP contribution is -2.27. The van der Waals surface area contributed by atoms with E-state index in [1.807, 2.05) is 6.92 Å². The van der Waals surface area contributed by atoms with E-state index in [1.54, 1.807) is 36.7 Å². The zero-order chi connectivity index (χ0) is 21.0. The van der Waals surface area contributed by atoms with Gasteiger partial charge in [-0.3, -0.25) is 4.79 Å². The fourth-order valence-corrected chi connectivity index (χ4v) is 3.48. The summed E-state index contributed by atoms with van der Waals surface area (Å²) in [6.45, 7) is 5.57. The summed E-state index contributed by atoms with van der Waals surface area (Å²) in [5.41, 5.74) is 0.136. The van der Waals surface area contributed by atoms with Crippen LogP contribution >= 0.6 is 0 Å². The Bertz CT molecular complexity index is 1150. The molecule has 1 saturated carbocycles. The average molecular weight is 402 g/mol. The first-order chi connectivity index (χ1) is 13.6. The second-order valence-corrected chi connectivity index (χ2v) is 7.93. The Balaban J connectivity index is 1.75. The van der Waals surface area contributed by atoms with Crippen molar-refractivity contribution in [1.82, 2.24) is 14.8 Å². The first kappa shape index (κ1) is 19.4. The van der Waals surface area contributed by atoms with Crippen LogP contribution in [0.4, 0.5) is 19.0 Å². The van der Waals surface area contributed by atoms with Crippen molar-refractivity contribution in [2.75, 3.05) is 5.32 Å². The highest BCUT2D eigenvalue weighted by Gasteiger charge is 2.40. The maximum Gasteiger partial charge on any atom is 0.416 e. The predicted octanol–water partition coefficient (Wildman–Crippen LogP) is 4.80. The quantitative estimate of drug-likeness (QED) is 0.681. The molecule has 1 N–H and O–H groups in total. The van der Waals surface area contributed by atoms with Gasteiger partial charge in [-0.2, -0.15) is 18.3 Å². The Morgan fingerprint density at radius 1 is 1.17 bits per heavy atom. The van der Waals surface area contributed by atoms with Crippen LogP contribution in [0.1, 0.15) is 49.6 Å². The lowest BCUT2D eigenvalue weighted by molar-refractivity contribution is -0.137. The Kier molecular flexibility index (Phi) is 4.40. The van der Waals surface area contributed by atoms with Gasteiger partial charge in [-0.25, -0.2) is 0 Å². The summed E-state index contributed by atoms with van der Waals surface area (Å²) in [5, 5.41) is 12.9. The zero-order valence-corrected chi connectivity index (χ0v) is 16.3. The number of hydrogen-bond acceptors (Lipinski definition) is 4. The van der Waals surface area contributed by atoms with Gasteiger partial charge in [0.1, 0.15) is 0 Å². The Morgan fingerprint density at radius 3 is 2.55 bits per heavy atom. The molecule has 1 fully saturated rings. The second kappa shape index (κ2) is 6.57. The maximum atomic E-state index is 13.0. The van der Waals surface area contributed by atoms with Gasteiger partial charge in [0.2, 0.25) is 0 Å². The van der Waals surface area contributed by atoms with Crippen molar-refractivity contribution in [1.29, 1.82) is 0 Å². The van der Waals surface area contributed by atoms with Crippen LogP contribution < -0.4 is 10.9 Å². The van der Waals surface area contributed by atoms with Gasteiger partial charge in [-0.15, -0.1) is 5.10 Å². The van der Waals surface area contributed by atoms with Gasteiger partial charge in [-0.05, 0) is 51.3 Å². The van der Waals surface area contributed by atoms with Crippen LogP contribution in [-0.4, -0.2) is 14.8 Å². The van der Waals surface area contributed by atoms with Crippen LogP contribution in [0.2, 0.25) is 0 Å².